The van der Waals surface area contributed by atoms with Gasteiger partial charge in [-0.2, -0.15) is 0 Å². The maximum atomic E-state index is 11.7. The zero-order chi connectivity index (χ0) is 11.0. The summed E-state index contributed by atoms with van der Waals surface area (Å²) in [5.74, 6) is 0.676. The Hall–Kier alpha value is -1.03. The minimum atomic E-state index is 0.0987. The van der Waals surface area contributed by atoms with Crippen molar-refractivity contribution in [3.63, 3.8) is 0 Å². The Morgan fingerprint density at radius 2 is 2.27 bits per heavy atom. The number of hydrogen-bond donors (Lipinski definition) is 0. The van der Waals surface area contributed by atoms with Gasteiger partial charge in [0.05, 0.1) is 17.0 Å². The molecular weight excluding hydrogens is 210 g/mol. The topological polar surface area (TPSA) is 47.0 Å². The standard InChI is InChI=1S/C11H13NO2S/c1-6-3-8-11(9(14)4-6)15-10(12-8)5-7(2)13/h6H,3-5H2,1-2H3. The van der Waals surface area contributed by atoms with Crippen LogP contribution in [0, 0.1) is 5.92 Å². The number of fused-ring (bicyclic) bond motifs is 1. The third kappa shape index (κ3) is 2.15. The van der Waals surface area contributed by atoms with Gasteiger partial charge in [-0.05, 0) is 19.3 Å². The summed E-state index contributed by atoms with van der Waals surface area (Å²) in [4.78, 5) is 27.8. The number of aromatic nitrogens is 1. The second-order valence-electron chi connectivity index (χ2n) is 4.20. The zero-order valence-corrected chi connectivity index (χ0v) is 9.69. The van der Waals surface area contributed by atoms with Gasteiger partial charge in [0.15, 0.2) is 5.78 Å². The number of thiazole rings is 1. The lowest BCUT2D eigenvalue weighted by molar-refractivity contribution is -0.116. The number of nitrogens with zero attached hydrogens (tertiary/aromatic N) is 1. The third-order valence-corrected chi connectivity index (χ3v) is 3.61. The van der Waals surface area contributed by atoms with Gasteiger partial charge in [-0.3, -0.25) is 9.59 Å². The molecule has 3 nitrogen and oxygen atoms in total. The van der Waals surface area contributed by atoms with Gasteiger partial charge in [0.25, 0.3) is 0 Å². The third-order valence-electron chi connectivity index (χ3n) is 2.47. The van der Waals surface area contributed by atoms with E-state index in [1.54, 1.807) is 6.92 Å². The molecule has 0 aliphatic heterocycles. The lowest BCUT2D eigenvalue weighted by Crippen LogP contribution is -2.16. The van der Waals surface area contributed by atoms with Crippen LogP contribution < -0.4 is 0 Å². The predicted octanol–water partition coefficient (Wildman–Crippen LogP) is 2.04. The van der Waals surface area contributed by atoms with Crippen molar-refractivity contribution in [1.82, 2.24) is 4.98 Å². The molecule has 0 fully saturated rings. The molecule has 4 heteroatoms. The number of ketones is 2. The van der Waals surface area contributed by atoms with Crippen LogP contribution in [0.1, 0.15) is 40.6 Å². The van der Waals surface area contributed by atoms with E-state index in [1.807, 2.05) is 0 Å². The van der Waals surface area contributed by atoms with Crippen molar-refractivity contribution >= 4 is 22.9 Å². The van der Waals surface area contributed by atoms with Gasteiger partial charge in [-0.15, -0.1) is 11.3 Å². The maximum absolute atomic E-state index is 11.7. The van der Waals surface area contributed by atoms with Crippen molar-refractivity contribution in [2.75, 3.05) is 0 Å². The van der Waals surface area contributed by atoms with E-state index >= 15 is 0 Å². The summed E-state index contributed by atoms with van der Waals surface area (Å²) >= 11 is 1.39. The molecule has 1 aliphatic carbocycles. The fourth-order valence-corrected chi connectivity index (χ4v) is 2.97. The lowest BCUT2D eigenvalue weighted by Gasteiger charge is -2.14. The van der Waals surface area contributed by atoms with Crippen molar-refractivity contribution in [3.05, 3.63) is 15.6 Å². The van der Waals surface area contributed by atoms with Gasteiger partial charge in [-0.25, -0.2) is 4.98 Å². The van der Waals surface area contributed by atoms with E-state index in [0.29, 0.717) is 18.8 Å². The first-order chi connectivity index (χ1) is 7.06. The highest BCUT2D eigenvalue weighted by Crippen LogP contribution is 2.29. The Kier molecular flexibility index (Phi) is 2.69. The summed E-state index contributed by atoms with van der Waals surface area (Å²) in [6.45, 7) is 3.61. The quantitative estimate of drug-likeness (QED) is 0.770. The highest BCUT2D eigenvalue weighted by Gasteiger charge is 2.26. The van der Waals surface area contributed by atoms with Crippen LogP contribution in [0.3, 0.4) is 0 Å². The molecule has 1 atom stereocenters. The molecule has 2 rings (SSSR count). The normalized spacial score (nSPS) is 20.1. The van der Waals surface area contributed by atoms with Gasteiger partial charge in [0.2, 0.25) is 0 Å². The van der Waals surface area contributed by atoms with Crippen LogP contribution in [0.4, 0.5) is 0 Å². The van der Waals surface area contributed by atoms with Crippen LogP contribution in [0.2, 0.25) is 0 Å². The molecule has 0 radical (unpaired) electrons. The summed E-state index contributed by atoms with van der Waals surface area (Å²) in [7, 11) is 0. The van der Waals surface area contributed by atoms with Crippen molar-refractivity contribution in [3.8, 4) is 0 Å². The lowest BCUT2D eigenvalue weighted by atomic mass is 9.92. The highest BCUT2D eigenvalue weighted by atomic mass is 32.1. The first-order valence-electron chi connectivity index (χ1n) is 5.07. The van der Waals surface area contributed by atoms with Gasteiger partial charge in [-0.1, -0.05) is 6.92 Å². The fraction of sp³-hybridized carbons (Fsp3) is 0.545. The Morgan fingerprint density at radius 1 is 1.53 bits per heavy atom. The van der Waals surface area contributed by atoms with E-state index in [9.17, 15) is 9.59 Å². The minimum absolute atomic E-state index is 0.0987. The van der Waals surface area contributed by atoms with Crippen molar-refractivity contribution < 1.29 is 9.59 Å². The van der Waals surface area contributed by atoms with Gasteiger partial charge in [0.1, 0.15) is 10.8 Å². The van der Waals surface area contributed by atoms with Crippen LogP contribution in [-0.2, 0) is 17.6 Å². The highest BCUT2D eigenvalue weighted by molar-refractivity contribution is 7.14. The Morgan fingerprint density at radius 3 is 2.93 bits per heavy atom. The zero-order valence-electron chi connectivity index (χ0n) is 8.87. The summed E-state index contributed by atoms with van der Waals surface area (Å²) in [6.07, 6.45) is 1.85. The summed E-state index contributed by atoms with van der Waals surface area (Å²) in [5.41, 5.74) is 0.903. The Balaban J connectivity index is 2.30. The number of rotatable bonds is 2. The number of hydrogen-bond acceptors (Lipinski definition) is 4. The van der Waals surface area contributed by atoms with Crippen LogP contribution >= 0.6 is 11.3 Å². The van der Waals surface area contributed by atoms with Crippen LogP contribution in [0.5, 0.6) is 0 Å². The molecule has 1 heterocycles. The average molecular weight is 223 g/mol. The van der Waals surface area contributed by atoms with Gasteiger partial charge < -0.3 is 0 Å². The largest absolute Gasteiger partial charge is 0.300 e. The fourth-order valence-electron chi connectivity index (χ4n) is 1.86. The van der Waals surface area contributed by atoms with E-state index in [0.717, 1.165) is 22.0 Å². The van der Waals surface area contributed by atoms with Crippen molar-refractivity contribution in [1.29, 1.82) is 0 Å². The van der Waals surface area contributed by atoms with Gasteiger partial charge in [0, 0.05) is 6.42 Å². The SMILES string of the molecule is CC(=O)Cc1nc2c(s1)C(=O)CC(C)C2. The summed E-state index contributed by atoms with van der Waals surface area (Å²) < 4.78 is 0. The second kappa shape index (κ2) is 3.85. The maximum Gasteiger partial charge on any atom is 0.174 e. The first kappa shape index (κ1) is 10.5. The molecule has 1 aromatic heterocycles. The van der Waals surface area contributed by atoms with Crippen molar-refractivity contribution in [2.24, 2.45) is 5.92 Å². The molecule has 0 bridgehead atoms. The molecule has 0 saturated heterocycles. The average Bonchev–Trinajstić information content (AvgIpc) is 2.45. The number of Topliss-reactive ketones (excluding diaryl/α,β-unsaturated/α-hetero) is 2. The summed E-state index contributed by atoms with van der Waals surface area (Å²) in [5, 5.41) is 0.787. The second-order valence-corrected chi connectivity index (χ2v) is 5.28. The first-order valence-corrected chi connectivity index (χ1v) is 5.89. The molecule has 15 heavy (non-hydrogen) atoms. The van der Waals surface area contributed by atoms with Crippen LogP contribution in [0.25, 0.3) is 0 Å². The van der Waals surface area contributed by atoms with Crippen LogP contribution in [0.15, 0.2) is 0 Å². The number of carbonyl (C=O) groups excluding carboxylic acids is 2. The summed E-state index contributed by atoms with van der Waals surface area (Å²) in [6, 6.07) is 0. The van der Waals surface area contributed by atoms with E-state index < -0.39 is 0 Å². The number of carbonyl (C=O) groups is 2. The molecule has 0 aromatic carbocycles. The molecular formula is C11H13NO2S. The Bertz CT molecular complexity index is 422. The van der Waals surface area contributed by atoms with Crippen molar-refractivity contribution in [2.45, 2.75) is 33.1 Å². The molecule has 0 spiro atoms. The molecule has 1 unspecified atom stereocenters. The molecule has 80 valence electrons. The Labute approximate surface area is 92.5 Å². The van der Waals surface area contributed by atoms with E-state index in [-0.39, 0.29) is 11.6 Å². The predicted molar refractivity (Wildman–Crippen MR) is 58.3 cm³/mol. The van der Waals surface area contributed by atoms with Gasteiger partial charge >= 0.3 is 0 Å². The van der Waals surface area contributed by atoms with E-state index in [4.69, 9.17) is 0 Å². The molecule has 1 aliphatic rings. The van der Waals surface area contributed by atoms with E-state index in [2.05, 4.69) is 11.9 Å². The van der Waals surface area contributed by atoms with Crippen LogP contribution in [-0.4, -0.2) is 16.6 Å². The molecule has 0 saturated carbocycles. The smallest absolute Gasteiger partial charge is 0.174 e. The van der Waals surface area contributed by atoms with E-state index in [1.165, 1.54) is 11.3 Å². The minimum Gasteiger partial charge on any atom is -0.300 e. The monoisotopic (exact) mass is 223 g/mol. The molecule has 0 N–H and O–H groups in total. The molecule has 1 aromatic rings. The molecule has 0 amide bonds.